The summed E-state index contributed by atoms with van der Waals surface area (Å²) in [6.45, 7) is 9.66. The molecule has 1 aliphatic rings. The number of ketones is 1. The molecule has 5 nitrogen and oxygen atoms in total. The number of aryl methyl sites for hydroxylation is 1. The van der Waals surface area contributed by atoms with Gasteiger partial charge in [-0.1, -0.05) is 12.1 Å². The highest BCUT2D eigenvalue weighted by molar-refractivity contribution is 5.98. The van der Waals surface area contributed by atoms with Crippen LogP contribution < -0.4 is 4.74 Å². The number of hydrogen-bond acceptors (Lipinski definition) is 4. The second-order valence-electron chi connectivity index (χ2n) is 7.26. The minimum absolute atomic E-state index is 0.0445. The largest absolute Gasteiger partial charge is 0.491 e. The lowest BCUT2D eigenvalue weighted by molar-refractivity contribution is 0.0806. The van der Waals surface area contributed by atoms with E-state index in [9.17, 15) is 4.79 Å². The number of carbonyl (C=O) groups is 1. The maximum absolute atomic E-state index is 13.0. The molecule has 2 aromatic rings. The van der Waals surface area contributed by atoms with Gasteiger partial charge in [-0.2, -0.15) is 0 Å². The Kier molecular flexibility index (Phi) is 6.09. The zero-order valence-electron chi connectivity index (χ0n) is 16.0. The summed E-state index contributed by atoms with van der Waals surface area (Å²) in [6, 6.07) is 7.60. The van der Waals surface area contributed by atoms with Crippen molar-refractivity contribution in [2.45, 2.75) is 52.8 Å². The van der Waals surface area contributed by atoms with Crippen LogP contribution in [0.1, 0.15) is 49.8 Å². The standard InChI is InChI=1S/C21H29N3O2/c1-4-24-12-10-22-20(24)15-23-11-6-8-18(14-23)21(25)17-7-5-9-19(13-17)26-16(2)3/h5,7,9-10,12-13,16,18H,4,6,8,11,14-15H2,1-3H3. The first kappa shape index (κ1) is 18.6. The van der Waals surface area contributed by atoms with Gasteiger partial charge in [0, 0.05) is 37.0 Å². The van der Waals surface area contributed by atoms with Crippen LogP contribution in [0.2, 0.25) is 0 Å². The first-order valence-corrected chi connectivity index (χ1v) is 9.60. The third kappa shape index (κ3) is 4.52. The van der Waals surface area contributed by atoms with Gasteiger partial charge in [-0.25, -0.2) is 4.98 Å². The molecule has 26 heavy (non-hydrogen) atoms. The second kappa shape index (κ2) is 8.49. The van der Waals surface area contributed by atoms with Crippen molar-refractivity contribution in [1.82, 2.24) is 14.5 Å². The van der Waals surface area contributed by atoms with E-state index in [0.717, 1.165) is 56.2 Å². The zero-order chi connectivity index (χ0) is 18.5. The summed E-state index contributed by atoms with van der Waals surface area (Å²) in [5, 5.41) is 0. The van der Waals surface area contributed by atoms with Gasteiger partial charge in [-0.05, 0) is 52.3 Å². The van der Waals surface area contributed by atoms with Crippen LogP contribution in [-0.2, 0) is 13.1 Å². The molecule has 0 spiro atoms. The SMILES string of the molecule is CCn1ccnc1CN1CCCC(C(=O)c2cccc(OC(C)C)c2)C1. The highest BCUT2D eigenvalue weighted by atomic mass is 16.5. The fourth-order valence-corrected chi connectivity index (χ4v) is 3.62. The molecule has 1 saturated heterocycles. The van der Waals surface area contributed by atoms with Crippen LogP contribution in [0.4, 0.5) is 0 Å². The molecule has 2 heterocycles. The maximum Gasteiger partial charge on any atom is 0.167 e. The smallest absolute Gasteiger partial charge is 0.167 e. The van der Waals surface area contributed by atoms with Crippen molar-refractivity contribution in [3.05, 3.63) is 48.0 Å². The fourth-order valence-electron chi connectivity index (χ4n) is 3.62. The Hall–Kier alpha value is -2.14. The van der Waals surface area contributed by atoms with Crippen molar-refractivity contribution in [2.24, 2.45) is 5.92 Å². The highest BCUT2D eigenvalue weighted by Crippen LogP contribution is 2.24. The van der Waals surface area contributed by atoms with Crippen molar-refractivity contribution in [3.63, 3.8) is 0 Å². The number of Topliss-reactive ketones (excluding diaryl/α,β-unsaturated/α-hetero) is 1. The molecule has 0 bridgehead atoms. The van der Waals surface area contributed by atoms with E-state index in [-0.39, 0.29) is 17.8 Å². The molecule has 1 aliphatic heterocycles. The Labute approximate surface area is 156 Å². The number of carbonyl (C=O) groups excluding carboxylic acids is 1. The van der Waals surface area contributed by atoms with E-state index in [1.54, 1.807) is 0 Å². The normalized spacial score (nSPS) is 18.2. The lowest BCUT2D eigenvalue weighted by Gasteiger charge is -2.31. The van der Waals surface area contributed by atoms with Gasteiger partial charge in [0.1, 0.15) is 11.6 Å². The van der Waals surface area contributed by atoms with Crippen LogP contribution in [0.15, 0.2) is 36.7 Å². The molecule has 0 aliphatic carbocycles. The number of hydrogen-bond donors (Lipinski definition) is 0. The van der Waals surface area contributed by atoms with Crippen LogP contribution in [-0.4, -0.2) is 39.4 Å². The van der Waals surface area contributed by atoms with Crippen LogP contribution >= 0.6 is 0 Å². The Bertz CT molecular complexity index is 738. The molecule has 3 rings (SSSR count). The molecule has 5 heteroatoms. The molecule has 1 aromatic carbocycles. The predicted molar refractivity (Wildman–Crippen MR) is 102 cm³/mol. The molecule has 1 atom stereocenters. The van der Waals surface area contributed by atoms with Gasteiger partial charge in [-0.3, -0.25) is 9.69 Å². The Morgan fingerprint density at radius 2 is 2.23 bits per heavy atom. The van der Waals surface area contributed by atoms with Crippen LogP contribution in [0.3, 0.4) is 0 Å². The van der Waals surface area contributed by atoms with Crippen LogP contribution in [0.25, 0.3) is 0 Å². The fraction of sp³-hybridized carbons (Fsp3) is 0.524. The van der Waals surface area contributed by atoms with E-state index in [4.69, 9.17) is 4.74 Å². The summed E-state index contributed by atoms with van der Waals surface area (Å²) >= 11 is 0. The molecule has 0 radical (unpaired) electrons. The number of likely N-dealkylation sites (tertiary alicyclic amines) is 1. The van der Waals surface area contributed by atoms with Crippen molar-refractivity contribution < 1.29 is 9.53 Å². The Morgan fingerprint density at radius 1 is 1.38 bits per heavy atom. The van der Waals surface area contributed by atoms with Gasteiger partial charge in [0.05, 0.1) is 12.6 Å². The monoisotopic (exact) mass is 355 g/mol. The number of aromatic nitrogens is 2. The lowest BCUT2D eigenvalue weighted by atomic mass is 9.90. The minimum atomic E-state index is 0.0445. The van der Waals surface area contributed by atoms with Gasteiger partial charge in [0.25, 0.3) is 0 Å². The average Bonchev–Trinajstić information content (AvgIpc) is 3.08. The summed E-state index contributed by atoms with van der Waals surface area (Å²) in [4.78, 5) is 19.8. The molecular weight excluding hydrogens is 326 g/mol. The van der Waals surface area contributed by atoms with Crippen molar-refractivity contribution >= 4 is 5.78 Å². The third-order valence-electron chi connectivity index (χ3n) is 4.87. The summed E-state index contributed by atoms with van der Waals surface area (Å²) < 4.78 is 7.90. The third-order valence-corrected chi connectivity index (χ3v) is 4.87. The number of rotatable bonds is 7. The van der Waals surface area contributed by atoms with Gasteiger partial charge in [0.15, 0.2) is 5.78 Å². The Balaban J connectivity index is 1.66. The number of nitrogens with zero attached hydrogens (tertiary/aromatic N) is 3. The summed E-state index contributed by atoms with van der Waals surface area (Å²) in [5.41, 5.74) is 0.755. The molecule has 1 fully saturated rings. The van der Waals surface area contributed by atoms with Crippen LogP contribution in [0.5, 0.6) is 5.75 Å². The van der Waals surface area contributed by atoms with E-state index < -0.39 is 0 Å². The molecule has 0 saturated carbocycles. The van der Waals surface area contributed by atoms with Crippen LogP contribution in [0, 0.1) is 5.92 Å². The minimum Gasteiger partial charge on any atom is -0.491 e. The van der Waals surface area contributed by atoms with E-state index >= 15 is 0 Å². The molecule has 1 unspecified atom stereocenters. The van der Waals surface area contributed by atoms with E-state index in [1.165, 1.54) is 0 Å². The first-order chi connectivity index (χ1) is 12.6. The molecule has 0 amide bonds. The Morgan fingerprint density at radius 3 is 3.00 bits per heavy atom. The first-order valence-electron chi connectivity index (χ1n) is 9.60. The second-order valence-corrected chi connectivity index (χ2v) is 7.26. The lowest BCUT2D eigenvalue weighted by Crippen LogP contribution is -2.38. The van der Waals surface area contributed by atoms with E-state index in [1.807, 2.05) is 50.5 Å². The van der Waals surface area contributed by atoms with Gasteiger partial charge in [-0.15, -0.1) is 0 Å². The van der Waals surface area contributed by atoms with Gasteiger partial charge >= 0.3 is 0 Å². The highest BCUT2D eigenvalue weighted by Gasteiger charge is 2.27. The quantitative estimate of drug-likeness (QED) is 0.709. The summed E-state index contributed by atoms with van der Waals surface area (Å²) in [7, 11) is 0. The molecule has 0 N–H and O–H groups in total. The summed E-state index contributed by atoms with van der Waals surface area (Å²) in [5.74, 6) is 2.11. The van der Waals surface area contributed by atoms with E-state index in [0.29, 0.717) is 0 Å². The van der Waals surface area contributed by atoms with Crippen molar-refractivity contribution in [1.29, 1.82) is 0 Å². The summed E-state index contributed by atoms with van der Waals surface area (Å²) in [6.07, 6.45) is 5.97. The topological polar surface area (TPSA) is 47.4 Å². The van der Waals surface area contributed by atoms with Gasteiger partial charge in [0.2, 0.25) is 0 Å². The number of ether oxygens (including phenoxy) is 1. The number of imidazole rings is 1. The molecular formula is C21H29N3O2. The number of benzene rings is 1. The molecule has 1 aromatic heterocycles. The van der Waals surface area contributed by atoms with Crippen molar-refractivity contribution in [2.75, 3.05) is 13.1 Å². The zero-order valence-corrected chi connectivity index (χ0v) is 16.0. The average molecular weight is 355 g/mol. The van der Waals surface area contributed by atoms with E-state index in [2.05, 4.69) is 21.4 Å². The van der Waals surface area contributed by atoms with Crippen molar-refractivity contribution in [3.8, 4) is 5.75 Å². The maximum atomic E-state index is 13.0. The molecule has 140 valence electrons. The predicted octanol–water partition coefficient (Wildman–Crippen LogP) is 3.79. The number of piperidine rings is 1. The van der Waals surface area contributed by atoms with Gasteiger partial charge < -0.3 is 9.30 Å².